The number of amides is 1. The molecule has 0 saturated heterocycles. The lowest BCUT2D eigenvalue weighted by atomic mass is 10.1. The van der Waals surface area contributed by atoms with Crippen LogP contribution in [0.15, 0.2) is 52.4 Å². The fraction of sp³-hybridized carbons (Fsp3) is 0.263. The van der Waals surface area contributed by atoms with Crippen molar-refractivity contribution < 1.29 is 9.32 Å². The number of aryl methyl sites for hydroxylation is 2. The number of aromatic nitrogens is 1. The Hall–Kier alpha value is -2.40. The van der Waals surface area contributed by atoms with Crippen molar-refractivity contribution in [2.24, 2.45) is 0 Å². The lowest BCUT2D eigenvalue weighted by Gasteiger charge is -2.22. The molecule has 0 saturated carbocycles. The molecular formula is C19H20N2O2S. The molecule has 5 heteroatoms. The Morgan fingerprint density at radius 2 is 1.96 bits per heavy atom. The minimum Gasteiger partial charge on any atom is -0.361 e. The third kappa shape index (κ3) is 3.74. The average molecular weight is 340 g/mol. The second-order valence-corrected chi connectivity index (χ2v) is 6.77. The Morgan fingerprint density at radius 3 is 2.58 bits per heavy atom. The SMILES string of the molecule is Cc1noc(C)c1C(=O)N(CCc1ccccc1)Cc1cccs1. The molecule has 0 unspecified atom stereocenters. The van der Waals surface area contributed by atoms with Gasteiger partial charge in [0.05, 0.1) is 12.2 Å². The number of carbonyl (C=O) groups is 1. The molecule has 3 rings (SSSR count). The molecule has 3 aromatic rings. The normalized spacial score (nSPS) is 10.8. The number of thiophene rings is 1. The van der Waals surface area contributed by atoms with E-state index in [9.17, 15) is 4.79 Å². The summed E-state index contributed by atoms with van der Waals surface area (Å²) in [5, 5.41) is 5.95. The van der Waals surface area contributed by atoms with Crippen molar-refractivity contribution in [2.75, 3.05) is 6.54 Å². The summed E-state index contributed by atoms with van der Waals surface area (Å²) in [6.07, 6.45) is 0.821. The summed E-state index contributed by atoms with van der Waals surface area (Å²) in [6.45, 7) is 4.86. The first-order valence-corrected chi connectivity index (χ1v) is 8.81. The van der Waals surface area contributed by atoms with Gasteiger partial charge in [-0.3, -0.25) is 4.79 Å². The maximum absolute atomic E-state index is 13.0. The standard InChI is InChI=1S/C19H20N2O2S/c1-14-18(15(2)23-20-14)19(22)21(13-17-9-6-12-24-17)11-10-16-7-4-3-5-8-16/h3-9,12H,10-11,13H2,1-2H3. The van der Waals surface area contributed by atoms with E-state index in [1.807, 2.05) is 41.5 Å². The zero-order valence-electron chi connectivity index (χ0n) is 13.9. The van der Waals surface area contributed by atoms with Gasteiger partial charge in [0.1, 0.15) is 11.3 Å². The van der Waals surface area contributed by atoms with E-state index in [4.69, 9.17) is 4.52 Å². The number of carbonyl (C=O) groups excluding carboxylic acids is 1. The molecule has 0 atom stereocenters. The second-order valence-electron chi connectivity index (χ2n) is 5.74. The average Bonchev–Trinajstić information content (AvgIpc) is 3.22. The lowest BCUT2D eigenvalue weighted by molar-refractivity contribution is 0.0744. The lowest BCUT2D eigenvalue weighted by Crippen LogP contribution is -2.32. The number of nitrogens with zero attached hydrogens (tertiary/aromatic N) is 2. The third-order valence-electron chi connectivity index (χ3n) is 3.97. The zero-order valence-corrected chi connectivity index (χ0v) is 14.7. The molecule has 0 N–H and O–H groups in total. The molecule has 2 heterocycles. The Balaban J connectivity index is 1.80. The van der Waals surface area contributed by atoms with Gasteiger partial charge in [0.25, 0.3) is 5.91 Å². The van der Waals surface area contributed by atoms with Crippen LogP contribution in [0.1, 0.15) is 32.3 Å². The van der Waals surface area contributed by atoms with E-state index >= 15 is 0 Å². The van der Waals surface area contributed by atoms with Gasteiger partial charge in [0, 0.05) is 11.4 Å². The molecule has 0 aliphatic heterocycles. The van der Waals surface area contributed by atoms with Gasteiger partial charge in [-0.15, -0.1) is 11.3 Å². The summed E-state index contributed by atoms with van der Waals surface area (Å²) in [5.41, 5.74) is 2.45. The van der Waals surface area contributed by atoms with E-state index in [1.165, 1.54) is 10.4 Å². The number of benzene rings is 1. The first-order valence-electron chi connectivity index (χ1n) is 7.93. The van der Waals surface area contributed by atoms with Gasteiger partial charge in [0.15, 0.2) is 0 Å². The van der Waals surface area contributed by atoms with Crippen molar-refractivity contribution in [1.29, 1.82) is 0 Å². The third-order valence-corrected chi connectivity index (χ3v) is 4.84. The van der Waals surface area contributed by atoms with Crippen molar-refractivity contribution in [1.82, 2.24) is 10.1 Å². The van der Waals surface area contributed by atoms with Crippen LogP contribution in [-0.2, 0) is 13.0 Å². The molecule has 0 aliphatic carbocycles. The highest BCUT2D eigenvalue weighted by Gasteiger charge is 2.23. The van der Waals surface area contributed by atoms with Crippen molar-refractivity contribution in [3.63, 3.8) is 0 Å². The molecule has 0 bridgehead atoms. The highest BCUT2D eigenvalue weighted by atomic mass is 32.1. The molecule has 0 radical (unpaired) electrons. The Labute approximate surface area is 145 Å². The van der Waals surface area contributed by atoms with E-state index < -0.39 is 0 Å². The maximum Gasteiger partial charge on any atom is 0.259 e. The van der Waals surface area contributed by atoms with Gasteiger partial charge < -0.3 is 9.42 Å². The van der Waals surface area contributed by atoms with Gasteiger partial charge in [-0.1, -0.05) is 41.6 Å². The number of hydrogen-bond donors (Lipinski definition) is 0. The van der Waals surface area contributed by atoms with Crippen molar-refractivity contribution in [3.05, 3.63) is 75.3 Å². The van der Waals surface area contributed by atoms with Gasteiger partial charge in [-0.2, -0.15) is 0 Å². The predicted molar refractivity (Wildman–Crippen MR) is 95.2 cm³/mol. The molecule has 124 valence electrons. The van der Waals surface area contributed by atoms with Crippen LogP contribution in [-0.4, -0.2) is 22.5 Å². The van der Waals surface area contributed by atoms with E-state index in [2.05, 4.69) is 23.4 Å². The molecule has 1 aromatic carbocycles. The summed E-state index contributed by atoms with van der Waals surface area (Å²) in [4.78, 5) is 16.1. The van der Waals surface area contributed by atoms with Crippen LogP contribution in [0, 0.1) is 13.8 Å². The number of rotatable bonds is 6. The van der Waals surface area contributed by atoms with Crippen LogP contribution in [0.2, 0.25) is 0 Å². The first kappa shape index (κ1) is 16.5. The fourth-order valence-corrected chi connectivity index (χ4v) is 3.42. The fourth-order valence-electron chi connectivity index (χ4n) is 2.70. The molecule has 0 spiro atoms. The van der Waals surface area contributed by atoms with Gasteiger partial charge in [-0.05, 0) is 37.3 Å². The van der Waals surface area contributed by atoms with Crippen LogP contribution >= 0.6 is 11.3 Å². The van der Waals surface area contributed by atoms with Crippen LogP contribution in [0.5, 0.6) is 0 Å². The molecule has 0 aliphatic rings. The van der Waals surface area contributed by atoms with E-state index in [0.29, 0.717) is 30.1 Å². The van der Waals surface area contributed by atoms with Crippen LogP contribution in [0.3, 0.4) is 0 Å². The van der Waals surface area contributed by atoms with Crippen molar-refractivity contribution in [2.45, 2.75) is 26.8 Å². The molecule has 2 aromatic heterocycles. The Bertz CT molecular complexity index is 775. The molecule has 24 heavy (non-hydrogen) atoms. The van der Waals surface area contributed by atoms with E-state index in [-0.39, 0.29) is 5.91 Å². The zero-order chi connectivity index (χ0) is 16.9. The van der Waals surface area contributed by atoms with E-state index in [1.54, 1.807) is 18.3 Å². The molecule has 1 amide bonds. The summed E-state index contributed by atoms with van der Waals surface area (Å²) in [5.74, 6) is 0.559. The summed E-state index contributed by atoms with van der Waals surface area (Å²) in [6, 6.07) is 14.3. The topological polar surface area (TPSA) is 46.3 Å². The van der Waals surface area contributed by atoms with Gasteiger partial charge in [-0.25, -0.2) is 0 Å². The molecule has 0 fully saturated rings. The monoisotopic (exact) mass is 340 g/mol. The minimum atomic E-state index is -0.0180. The Morgan fingerprint density at radius 1 is 1.17 bits per heavy atom. The first-order chi connectivity index (χ1) is 11.6. The van der Waals surface area contributed by atoms with Crippen molar-refractivity contribution >= 4 is 17.2 Å². The summed E-state index contributed by atoms with van der Waals surface area (Å²) < 4.78 is 5.17. The highest BCUT2D eigenvalue weighted by molar-refractivity contribution is 7.09. The van der Waals surface area contributed by atoms with Crippen LogP contribution < -0.4 is 0 Å². The van der Waals surface area contributed by atoms with Crippen LogP contribution in [0.25, 0.3) is 0 Å². The summed E-state index contributed by atoms with van der Waals surface area (Å²) >= 11 is 1.66. The highest BCUT2D eigenvalue weighted by Crippen LogP contribution is 2.19. The smallest absolute Gasteiger partial charge is 0.259 e. The van der Waals surface area contributed by atoms with Gasteiger partial charge in [0.2, 0.25) is 0 Å². The second kappa shape index (κ2) is 7.45. The summed E-state index contributed by atoms with van der Waals surface area (Å²) in [7, 11) is 0. The largest absolute Gasteiger partial charge is 0.361 e. The quantitative estimate of drug-likeness (QED) is 0.674. The van der Waals surface area contributed by atoms with Crippen LogP contribution in [0.4, 0.5) is 0 Å². The molecule has 4 nitrogen and oxygen atoms in total. The Kier molecular flexibility index (Phi) is 5.11. The molecular weight excluding hydrogens is 320 g/mol. The van der Waals surface area contributed by atoms with E-state index in [0.717, 1.165) is 6.42 Å². The van der Waals surface area contributed by atoms with Gasteiger partial charge >= 0.3 is 0 Å². The predicted octanol–water partition coefficient (Wildman–Crippen LogP) is 4.24. The maximum atomic E-state index is 13.0. The minimum absolute atomic E-state index is 0.0180. The van der Waals surface area contributed by atoms with Crippen molar-refractivity contribution in [3.8, 4) is 0 Å². The number of hydrogen-bond acceptors (Lipinski definition) is 4.